The van der Waals surface area contributed by atoms with Gasteiger partial charge in [-0.25, -0.2) is 0 Å². The van der Waals surface area contributed by atoms with Gasteiger partial charge in [-0.2, -0.15) is 0 Å². The lowest BCUT2D eigenvalue weighted by Gasteiger charge is -2.11. The van der Waals surface area contributed by atoms with Crippen LogP contribution in [0.4, 0.5) is 0 Å². The molecule has 0 amide bonds. The Labute approximate surface area is 197 Å². The highest BCUT2D eigenvalue weighted by Crippen LogP contribution is 2.25. The number of benzene rings is 2. The molecule has 0 heterocycles. The fraction of sp³-hybridized carbons (Fsp3) is 0.600. The van der Waals surface area contributed by atoms with Gasteiger partial charge in [0.15, 0.2) is 0 Å². The first-order valence-electron chi connectivity index (χ1n) is 13.1. The minimum absolute atomic E-state index is 0.130. The molecule has 0 aliphatic carbocycles. The standard InChI is InChI=1S/C30H46O2/c1-4-5-6-7-8-9-10-11-12-13-14-15-16-25-32-30-23-21-29(22-24-30)28-19-17-27(18-20-28)26(2)31-3/h17-24,26H,4-16,25H2,1-3H3. The largest absolute Gasteiger partial charge is 0.494 e. The number of methoxy groups -OCH3 is 1. The minimum Gasteiger partial charge on any atom is -0.494 e. The molecule has 1 atom stereocenters. The molecule has 0 N–H and O–H groups in total. The van der Waals surface area contributed by atoms with Crippen molar-refractivity contribution < 1.29 is 9.47 Å². The van der Waals surface area contributed by atoms with E-state index in [1.54, 1.807) is 7.11 Å². The van der Waals surface area contributed by atoms with Gasteiger partial charge in [0.05, 0.1) is 12.7 Å². The average molecular weight is 439 g/mol. The number of rotatable bonds is 18. The summed E-state index contributed by atoms with van der Waals surface area (Å²) in [6.07, 6.45) is 18.1. The molecule has 0 radical (unpaired) electrons. The van der Waals surface area contributed by atoms with E-state index in [0.717, 1.165) is 18.8 Å². The number of hydrogen-bond donors (Lipinski definition) is 0. The Kier molecular flexibility index (Phi) is 13.9. The maximum absolute atomic E-state index is 5.95. The molecule has 0 bridgehead atoms. The van der Waals surface area contributed by atoms with Gasteiger partial charge >= 0.3 is 0 Å². The molecule has 0 saturated carbocycles. The molecule has 178 valence electrons. The molecule has 0 aromatic heterocycles. The molecule has 2 heteroatoms. The lowest BCUT2D eigenvalue weighted by molar-refractivity contribution is 0.119. The van der Waals surface area contributed by atoms with Crippen LogP contribution >= 0.6 is 0 Å². The lowest BCUT2D eigenvalue weighted by atomic mass is 10.0. The van der Waals surface area contributed by atoms with Crippen LogP contribution in [-0.4, -0.2) is 13.7 Å². The maximum Gasteiger partial charge on any atom is 0.119 e. The summed E-state index contributed by atoms with van der Waals surface area (Å²) in [5.41, 5.74) is 3.64. The fourth-order valence-electron chi connectivity index (χ4n) is 4.14. The Balaban J connectivity index is 1.50. The molecular weight excluding hydrogens is 392 g/mol. The van der Waals surface area contributed by atoms with Crippen LogP contribution in [0.15, 0.2) is 48.5 Å². The van der Waals surface area contributed by atoms with E-state index >= 15 is 0 Å². The van der Waals surface area contributed by atoms with Crippen molar-refractivity contribution >= 4 is 0 Å². The van der Waals surface area contributed by atoms with Gasteiger partial charge in [-0.3, -0.25) is 0 Å². The predicted molar refractivity (Wildman–Crippen MR) is 138 cm³/mol. The average Bonchev–Trinajstić information content (AvgIpc) is 2.84. The van der Waals surface area contributed by atoms with Crippen LogP contribution in [0.25, 0.3) is 11.1 Å². The molecule has 0 aliphatic rings. The van der Waals surface area contributed by atoms with Crippen LogP contribution in [0.2, 0.25) is 0 Å². The first-order valence-corrected chi connectivity index (χ1v) is 13.1. The highest BCUT2D eigenvalue weighted by Gasteiger charge is 2.04. The van der Waals surface area contributed by atoms with E-state index in [1.807, 2.05) is 0 Å². The smallest absolute Gasteiger partial charge is 0.119 e. The van der Waals surface area contributed by atoms with E-state index in [0.29, 0.717) is 0 Å². The second-order valence-electron chi connectivity index (χ2n) is 9.12. The van der Waals surface area contributed by atoms with Gasteiger partial charge in [-0.05, 0) is 42.2 Å². The van der Waals surface area contributed by atoms with E-state index < -0.39 is 0 Å². The van der Waals surface area contributed by atoms with Crippen molar-refractivity contribution in [3.8, 4) is 16.9 Å². The third kappa shape index (κ3) is 10.7. The first-order chi connectivity index (χ1) is 15.7. The summed E-state index contributed by atoms with van der Waals surface area (Å²) in [5, 5.41) is 0. The number of unbranched alkanes of at least 4 members (excludes halogenated alkanes) is 12. The van der Waals surface area contributed by atoms with Crippen LogP contribution in [0.5, 0.6) is 5.75 Å². The lowest BCUT2D eigenvalue weighted by Crippen LogP contribution is -1.97. The molecule has 32 heavy (non-hydrogen) atoms. The van der Waals surface area contributed by atoms with E-state index in [-0.39, 0.29) is 6.10 Å². The second-order valence-corrected chi connectivity index (χ2v) is 9.12. The van der Waals surface area contributed by atoms with Crippen LogP contribution in [0.1, 0.15) is 109 Å². The Morgan fingerprint density at radius 3 is 1.50 bits per heavy atom. The summed E-state index contributed by atoms with van der Waals surface area (Å²) < 4.78 is 11.3. The van der Waals surface area contributed by atoms with Crippen LogP contribution in [-0.2, 0) is 4.74 Å². The van der Waals surface area contributed by atoms with Crippen LogP contribution < -0.4 is 4.74 Å². The van der Waals surface area contributed by atoms with Crippen molar-refractivity contribution in [3.05, 3.63) is 54.1 Å². The molecule has 2 aromatic carbocycles. The first kappa shape index (κ1) is 26.5. The summed E-state index contributed by atoms with van der Waals surface area (Å²) >= 11 is 0. The third-order valence-corrected chi connectivity index (χ3v) is 6.44. The van der Waals surface area contributed by atoms with Crippen molar-refractivity contribution in [2.24, 2.45) is 0 Å². The quantitative estimate of drug-likeness (QED) is 0.216. The van der Waals surface area contributed by atoms with Gasteiger partial charge in [-0.1, -0.05) is 120 Å². The molecule has 0 spiro atoms. The summed E-state index contributed by atoms with van der Waals surface area (Å²) in [5.74, 6) is 0.970. The van der Waals surface area contributed by atoms with E-state index in [2.05, 4.69) is 62.4 Å². The molecule has 0 fully saturated rings. The van der Waals surface area contributed by atoms with Crippen molar-refractivity contribution in [1.29, 1.82) is 0 Å². The Morgan fingerprint density at radius 2 is 1.03 bits per heavy atom. The van der Waals surface area contributed by atoms with Gasteiger partial charge in [0.25, 0.3) is 0 Å². The van der Waals surface area contributed by atoms with Crippen molar-refractivity contribution in [1.82, 2.24) is 0 Å². The number of hydrogen-bond acceptors (Lipinski definition) is 2. The number of ether oxygens (including phenoxy) is 2. The highest BCUT2D eigenvalue weighted by molar-refractivity contribution is 5.64. The van der Waals surface area contributed by atoms with Gasteiger partial charge in [-0.15, -0.1) is 0 Å². The molecule has 2 aromatic rings. The highest BCUT2D eigenvalue weighted by atomic mass is 16.5. The molecule has 0 saturated heterocycles. The second kappa shape index (κ2) is 16.8. The van der Waals surface area contributed by atoms with Gasteiger partial charge in [0.2, 0.25) is 0 Å². The van der Waals surface area contributed by atoms with Gasteiger partial charge in [0, 0.05) is 7.11 Å². The van der Waals surface area contributed by atoms with Gasteiger partial charge in [0.1, 0.15) is 5.75 Å². The molecule has 2 nitrogen and oxygen atoms in total. The third-order valence-electron chi connectivity index (χ3n) is 6.44. The topological polar surface area (TPSA) is 18.5 Å². The summed E-state index contributed by atoms with van der Waals surface area (Å²) in [4.78, 5) is 0. The maximum atomic E-state index is 5.95. The monoisotopic (exact) mass is 438 g/mol. The van der Waals surface area contributed by atoms with Crippen molar-refractivity contribution in [2.45, 2.75) is 103 Å². The van der Waals surface area contributed by atoms with E-state index in [9.17, 15) is 0 Å². The normalized spacial score (nSPS) is 12.1. The fourth-order valence-corrected chi connectivity index (χ4v) is 4.14. The SMILES string of the molecule is CCCCCCCCCCCCCCCOc1ccc(-c2ccc(C(C)OC)cc2)cc1. The van der Waals surface area contributed by atoms with Gasteiger partial charge < -0.3 is 9.47 Å². The zero-order valence-electron chi connectivity index (χ0n) is 20.9. The van der Waals surface area contributed by atoms with E-state index in [1.165, 1.54) is 93.7 Å². The van der Waals surface area contributed by atoms with E-state index in [4.69, 9.17) is 9.47 Å². The summed E-state index contributed by atoms with van der Waals surface area (Å²) in [6.45, 7) is 5.17. The zero-order chi connectivity index (χ0) is 22.9. The summed E-state index contributed by atoms with van der Waals surface area (Å²) in [6, 6.07) is 17.1. The Hall–Kier alpha value is -1.80. The Morgan fingerprint density at radius 1 is 0.594 bits per heavy atom. The molecule has 2 rings (SSSR count). The summed E-state index contributed by atoms with van der Waals surface area (Å²) in [7, 11) is 1.75. The molecular formula is C30H46O2. The zero-order valence-corrected chi connectivity index (χ0v) is 20.9. The van der Waals surface area contributed by atoms with Crippen molar-refractivity contribution in [2.75, 3.05) is 13.7 Å². The van der Waals surface area contributed by atoms with Crippen LogP contribution in [0, 0.1) is 0 Å². The van der Waals surface area contributed by atoms with Crippen molar-refractivity contribution in [3.63, 3.8) is 0 Å². The molecule has 1 unspecified atom stereocenters. The molecule has 0 aliphatic heterocycles. The van der Waals surface area contributed by atoms with Crippen LogP contribution in [0.3, 0.4) is 0 Å². The minimum atomic E-state index is 0.130. The Bertz CT molecular complexity index is 690. The predicted octanol–water partition coefficient (Wildman–Crippen LogP) is 9.53.